The molecule has 1 aromatic carbocycles. The van der Waals surface area contributed by atoms with E-state index in [4.69, 9.17) is 0 Å². The molecule has 1 aliphatic heterocycles. The van der Waals surface area contributed by atoms with E-state index in [-0.39, 0.29) is 0 Å². The van der Waals surface area contributed by atoms with Crippen molar-refractivity contribution in [1.29, 1.82) is 0 Å². The lowest BCUT2D eigenvalue weighted by atomic mass is 10.1. The lowest BCUT2D eigenvalue weighted by molar-refractivity contribution is 0.345. The van der Waals surface area contributed by atoms with Crippen LogP contribution in [0.4, 0.5) is 0 Å². The van der Waals surface area contributed by atoms with Crippen LogP contribution >= 0.6 is 15.9 Å². The summed E-state index contributed by atoms with van der Waals surface area (Å²) >= 11 is 3.49. The van der Waals surface area contributed by atoms with Crippen LogP contribution in [0.2, 0.25) is 0 Å². The monoisotopic (exact) mass is 279 g/mol. The quantitative estimate of drug-likeness (QED) is 0.870. The largest absolute Gasteiger partial charge is 0.317 e. The van der Waals surface area contributed by atoms with E-state index < -0.39 is 0 Å². The van der Waals surface area contributed by atoms with E-state index in [1.807, 2.05) is 6.07 Å². The predicted molar refractivity (Wildman–Crippen MR) is 68.6 cm³/mol. The number of rotatable bonds is 1. The molecule has 4 heteroatoms. The molecule has 0 amide bonds. The first-order valence-electron chi connectivity index (χ1n) is 5.68. The van der Waals surface area contributed by atoms with Crippen LogP contribution in [0.1, 0.15) is 18.9 Å². The van der Waals surface area contributed by atoms with Crippen LogP contribution in [-0.4, -0.2) is 22.9 Å². The van der Waals surface area contributed by atoms with Crippen molar-refractivity contribution in [3.8, 4) is 0 Å². The van der Waals surface area contributed by atoms with E-state index >= 15 is 0 Å². The maximum Gasteiger partial charge on any atom is 0.0924 e. The van der Waals surface area contributed by atoms with Crippen molar-refractivity contribution in [2.45, 2.75) is 18.9 Å². The highest BCUT2D eigenvalue weighted by Gasteiger charge is 2.15. The van der Waals surface area contributed by atoms with Gasteiger partial charge in [-0.05, 0) is 44.1 Å². The lowest BCUT2D eigenvalue weighted by Crippen LogP contribution is -2.29. The summed E-state index contributed by atoms with van der Waals surface area (Å²) in [6.07, 6.45) is 4.51. The molecule has 0 aliphatic carbocycles. The van der Waals surface area contributed by atoms with Crippen LogP contribution in [-0.2, 0) is 0 Å². The minimum absolute atomic E-state index is 0.562. The number of fused-ring (bicyclic) bond motifs is 1. The van der Waals surface area contributed by atoms with Crippen LogP contribution in [0.5, 0.6) is 0 Å². The maximum atomic E-state index is 4.65. The van der Waals surface area contributed by atoms with Gasteiger partial charge in [-0.15, -0.1) is 0 Å². The van der Waals surface area contributed by atoms with E-state index in [0.29, 0.717) is 6.04 Å². The fraction of sp³-hybridized carbons (Fsp3) is 0.417. The van der Waals surface area contributed by atoms with Crippen molar-refractivity contribution >= 4 is 26.8 Å². The lowest BCUT2D eigenvalue weighted by Gasteiger charge is -2.22. The molecule has 1 aromatic heterocycles. The molecule has 0 atom stereocenters. The fourth-order valence-corrected chi connectivity index (χ4v) is 2.65. The topological polar surface area (TPSA) is 29.9 Å². The molecular formula is C12H14BrN3. The SMILES string of the molecule is Brc1ccc2nn(C3CCNCC3)cc2c1. The molecule has 0 radical (unpaired) electrons. The summed E-state index contributed by atoms with van der Waals surface area (Å²) in [7, 11) is 0. The summed E-state index contributed by atoms with van der Waals surface area (Å²) in [6.45, 7) is 2.20. The third-order valence-electron chi connectivity index (χ3n) is 3.17. The number of benzene rings is 1. The molecule has 84 valence electrons. The minimum atomic E-state index is 0.562. The van der Waals surface area contributed by atoms with E-state index in [0.717, 1.165) is 23.1 Å². The summed E-state index contributed by atoms with van der Waals surface area (Å²) in [4.78, 5) is 0. The molecule has 1 fully saturated rings. The molecule has 16 heavy (non-hydrogen) atoms. The van der Waals surface area contributed by atoms with E-state index in [9.17, 15) is 0 Å². The Morgan fingerprint density at radius 3 is 2.94 bits per heavy atom. The normalized spacial score (nSPS) is 18.1. The molecule has 2 heterocycles. The fourth-order valence-electron chi connectivity index (χ4n) is 2.27. The average Bonchev–Trinajstić information content (AvgIpc) is 2.73. The molecule has 3 nitrogen and oxygen atoms in total. The van der Waals surface area contributed by atoms with E-state index in [2.05, 4.69) is 49.4 Å². The smallest absolute Gasteiger partial charge is 0.0924 e. The zero-order chi connectivity index (χ0) is 11.0. The number of nitrogens with one attached hydrogen (secondary N) is 1. The number of halogens is 1. The van der Waals surface area contributed by atoms with Gasteiger partial charge in [0.15, 0.2) is 0 Å². The van der Waals surface area contributed by atoms with Gasteiger partial charge in [0, 0.05) is 16.1 Å². The molecule has 0 spiro atoms. The van der Waals surface area contributed by atoms with Gasteiger partial charge in [0.1, 0.15) is 0 Å². The molecule has 1 saturated heterocycles. The molecule has 0 unspecified atom stereocenters. The van der Waals surface area contributed by atoms with E-state index in [1.165, 1.54) is 18.2 Å². The van der Waals surface area contributed by atoms with Crippen LogP contribution < -0.4 is 5.32 Å². The van der Waals surface area contributed by atoms with Gasteiger partial charge in [0.05, 0.1) is 11.6 Å². The Balaban J connectivity index is 1.97. The van der Waals surface area contributed by atoms with E-state index in [1.54, 1.807) is 0 Å². The van der Waals surface area contributed by atoms with Gasteiger partial charge >= 0.3 is 0 Å². The van der Waals surface area contributed by atoms with Crippen LogP contribution in [0.15, 0.2) is 28.9 Å². The van der Waals surface area contributed by atoms with Crippen molar-refractivity contribution in [1.82, 2.24) is 15.1 Å². The van der Waals surface area contributed by atoms with Gasteiger partial charge in [0.25, 0.3) is 0 Å². The van der Waals surface area contributed by atoms with Crippen molar-refractivity contribution in [3.63, 3.8) is 0 Å². The third kappa shape index (κ3) is 1.87. The molecule has 1 N–H and O–H groups in total. The Kier molecular flexibility index (Phi) is 2.69. The molecular weight excluding hydrogens is 266 g/mol. The summed E-state index contributed by atoms with van der Waals surface area (Å²) in [5.41, 5.74) is 1.08. The average molecular weight is 280 g/mol. The third-order valence-corrected chi connectivity index (χ3v) is 3.66. The zero-order valence-corrected chi connectivity index (χ0v) is 10.6. The predicted octanol–water partition coefficient (Wildman–Crippen LogP) is 2.72. The number of aromatic nitrogens is 2. The Labute approximate surface area is 103 Å². The number of hydrogen-bond donors (Lipinski definition) is 1. The minimum Gasteiger partial charge on any atom is -0.317 e. The second kappa shape index (κ2) is 4.18. The first kappa shape index (κ1) is 10.3. The summed E-state index contributed by atoms with van der Waals surface area (Å²) < 4.78 is 3.25. The Morgan fingerprint density at radius 2 is 2.12 bits per heavy atom. The summed E-state index contributed by atoms with van der Waals surface area (Å²) in [5, 5.41) is 9.24. The van der Waals surface area contributed by atoms with Crippen molar-refractivity contribution in [2.24, 2.45) is 0 Å². The van der Waals surface area contributed by atoms with Gasteiger partial charge in [-0.1, -0.05) is 15.9 Å². The summed E-state index contributed by atoms with van der Waals surface area (Å²) in [6, 6.07) is 6.80. The van der Waals surface area contributed by atoms with Crippen molar-refractivity contribution < 1.29 is 0 Å². The van der Waals surface area contributed by atoms with Gasteiger partial charge < -0.3 is 5.32 Å². The highest BCUT2D eigenvalue weighted by atomic mass is 79.9. The van der Waals surface area contributed by atoms with Crippen molar-refractivity contribution in [2.75, 3.05) is 13.1 Å². The van der Waals surface area contributed by atoms with Crippen molar-refractivity contribution in [3.05, 3.63) is 28.9 Å². The highest BCUT2D eigenvalue weighted by Crippen LogP contribution is 2.23. The highest BCUT2D eigenvalue weighted by molar-refractivity contribution is 9.10. The molecule has 0 saturated carbocycles. The van der Waals surface area contributed by atoms with Crippen LogP contribution in [0.25, 0.3) is 10.9 Å². The standard InChI is InChI=1S/C12H14BrN3/c13-10-1-2-12-9(7-10)8-16(15-12)11-3-5-14-6-4-11/h1-2,7-8,11,14H,3-6H2. The maximum absolute atomic E-state index is 4.65. The second-order valence-corrected chi connectivity index (χ2v) is 5.21. The van der Waals surface area contributed by atoms with Crippen LogP contribution in [0, 0.1) is 0 Å². The number of piperidine rings is 1. The molecule has 2 aromatic rings. The Hall–Kier alpha value is -0.870. The summed E-state index contributed by atoms with van der Waals surface area (Å²) in [5.74, 6) is 0. The first-order valence-corrected chi connectivity index (χ1v) is 6.47. The Morgan fingerprint density at radius 1 is 1.31 bits per heavy atom. The van der Waals surface area contributed by atoms with Gasteiger partial charge in [-0.3, -0.25) is 4.68 Å². The number of hydrogen-bond acceptors (Lipinski definition) is 2. The zero-order valence-electron chi connectivity index (χ0n) is 8.99. The molecule has 1 aliphatic rings. The number of nitrogens with zero attached hydrogens (tertiary/aromatic N) is 2. The van der Waals surface area contributed by atoms with Gasteiger partial charge in [-0.2, -0.15) is 5.10 Å². The second-order valence-electron chi connectivity index (χ2n) is 4.29. The first-order chi connectivity index (χ1) is 7.83. The van der Waals surface area contributed by atoms with Gasteiger partial charge in [-0.25, -0.2) is 0 Å². The van der Waals surface area contributed by atoms with Gasteiger partial charge in [0.2, 0.25) is 0 Å². The Bertz CT molecular complexity index is 500. The molecule has 3 rings (SSSR count). The molecule has 0 bridgehead atoms. The van der Waals surface area contributed by atoms with Crippen LogP contribution in [0.3, 0.4) is 0 Å².